The van der Waals surface area contributed by atoms with Gasteiger partial charge < -0.3 is 0 Å². The number of hydrogen-bond acceptors (Lipinski definition) is 1. The zero-order valence-electron chi connectivity index (χ0n) is 8.13. The number of rotatable bonds is 3. The van der Waals surface area contributed by atoms with E-state index in [1.54, 1.807) is 18.2 Å². The summed E-state index contributed by atoms with van der Waals surface area (Å²) in [5.74, 6) is -5.36. The van der Waals surface area contributed by atoms with Gasteiger partial charge in [-0.25, -0.2) is 0 Å². The average molecular weight is 198 g/mol. The quantitative estimate of drug-likeness (QED) is 0.682. The molecule has 0 atom stereocenters. The molecule has 1 aromatic rings. The third kappa shape index (κ3) is 1.97. The summed E-state index contributed by atoms with van der Waals surface area (Å²) in [6.07, 6.45) is 0. The van der Waals surface area contributed by atoms with Gasteiger partial charge in [-0.15, -0.1) is 0 Å². The molecule has 1 nitrogen and oxygen atoms in total. The van der Waals surface area contributed by atoms with Gasteiger partial charge in [0.1, 0.15) is 0 Å². The third-order valence-electron chi connectivity index (χ3n) is 2.06. The molecule has 0 heterocycles. The first-order valence-corrected chi connectivity index (χ1v) is 4.44. The number of benzene rings is 1. The van der Waals surface area contributed by atoms with E-state index in [9.17, 15) is 13.6 Å². The first kappa shape index (κ1) is 10.8. The highest BCUT2D eigenvalue weighted by Gasteiger charge is 2.42. The van der Waals surface area contributed by atoms with E-state index in [4.69, 9.17) is 0 Å². The molecule has 0 saturated heterocycles. The number of Topliss-reactive ketones (excluding diaryl/α,β-unsaturated/α-hetero) is 1. The molecule has 0 aromatic heterocycles. The van der Waals surface area contributed by atoms with Crippen LogP contribution in [0.15, 0.2) is 30.3 Å². The van der Waals surface area contributed by atoms with Gasteiger partial charge in [-0.05, 0) is 0 Å². The number of hydrogen-bond donors (Lipinski definition) is 0. The van der Waals surface area contributed by atoms with Crippen molar-refractivity contribution in [3.63, 3.8) is 0 Å². The highest BCUT2D eigenvalue weighted by atomic mass is 19.3. The lowest BCUT2D eigenvalue weighted by Gasteiger charge is -2.18. The number of carbonyl (C=O) groups is 1. The SMILES string of the molecule is CC(C)C(F)(F)C(=O)c1ccccc1. The molecule has 14 heavy (non-hydrogen) atoms. The normalized spacial score (nSPS) is 11.8. The molecule has 1 aromatic carbocycles. The van der Waals surface area contributed by atoms with E-state index in [0.29, 0.717) is 0 Å². The fourth-order valence-corrected chi connectivity index (χ4v) is 1.04. The van der Waals surface area contributed by atoms with Crippen LogP contribution >= 0.6 is 0 Å². The standard InChI is InChI=1S/C11H12F2O/c1-8(2)11(12,13)10(14)9-6-4-3-5-7-9/h3-8H,1-2H3. The van der Waals surface area contributed by atoms with E-state index in [1.165, 1.54) is 26.0 Å². The number of halogens is 2. The summed E-state index contributed by atoms with van der Waals surface area (Å²) >= 11 is 0. The van der Waals surface area contributed by atoms with Crippen LogP contribution in [-0.2, 0) is 0 Å². The van der Waals surface area contributed by atoms with Gasteiger partial charge in [-0.1, -0.05) is 44.2 Å². The van der Waals surface area contributed by atoms with Crippen LogP contribution in [0.3, 0.4) is 0 Å². The minimum atomic E-state index is -3.28. The van der Waals surface area contributed by atoms with Gasteiger partial charge in [0.25, 0.3) is 0 Å². The molecular formula is C11H12F2O. The maximum atomic E-state index is 13.3. The Hall–Kier alpha value is -1.25. The summed E-state index contributed by atoms with van der Waals surface area (Å²) in [5.41, 5.74) is 0.0613. The lowest BCUT2D eigenvalue weighted by Crippen LogP contribution is -2.34. The lowest BCUT2D eigenvalue weighted by molar-refractivity contribution is -0.0203. The predicted octanol–water partition coefficient (Wildman–Crippen LogP) is 3.16. The first-order chi connectivity index (χ1) is 6.46. The van der Waals surface area contributed by atoms with Gasteiger partial charge in [0, 0.05) is 11.5 Å². The van der Waals surface area contributed by atoms with Crippen LogP contribution in [0.25, 0.3) is 0 Å². The number of ketones is 1. The first-order valence-electron chi connectivity index (χ1n) is 4.44. The topological polar surface area (TPSA) is 17.1 Å². The highest BCUT2D eigenvalue weighted by Crippen LogP contribution is 2.28. The summed E-state index contributed by atoms with van der Waals surface area (Å²) in [5, 5.41) is 0. The third-order valence-corrected chi connectivity index (χ3v) is 2.06. The van der Waals surface area contributed by atoms with Crippen LogP contribution in [-0.4, -0.2) is 11.7 Å². The molecule has 3 heteroatoms. The molecule has 76 valence electrons. The van der Waals surface area contributed by atoms with Crippen LogP contribution in [0.1, 0.15) is 24.2 Å². The van der Waals surface area contributed by atoms with Gasteiger partial charge in [-0.3, -0.25) is 4.79 Å². The van der Waals surface area contributed by atoms with Gasteiger partial charge in [0.2, 0.25) is 5.78 Å². The molecule has 0 fully saturated rings. The molecule has 0 aliphatic carbocycles. The zero-order chi connectivity index (χ0) is 10.8. The Labute approximate surface area is 81.7 Å². The van der Waals surface area contributed by atoms with Crippen LogP contribution in [0.5, 0.6) is 0 Å². The van der Waals surface area contributed by atoms with Gasteiger partial charge in [-0.2, -0.15) is 8.78 Å². The molecule has 0 bridgehead atoms. The van der Waals surface area contributed by atoms with Crippen molar-refractivity contribution in [1.82, 2.24) is 0 Å². The fraction of sp³-hybridized carbons (Fsp3) is 0.364. The second-order valence-electron chi connectivity index (χ2n) is 3.47. The maximum absolute atomic E-state index is 13.3. The minimum absolute atomic E-state index is 0.0613. The van der Waals surface area contributed by atoms with Crippen molar-refractivity contribution in [2.45, 2.75) is 19.8 Å². The monoisotopic (exact) mass is 198 g/mol. The molecule has 0 amide bonds. The Balaban J connectivity index is 2.97. The maximum Gasteiger partial charge on any atom is 0.311 e. The second kappa shape index (κ2) is 3.86. The second-order valence-corrected chi connectivity index (χ2v) is 3.47. The van der Waals surface area contributed by atoms with E-state index in [2.05, 4.69) is 0 Å². The van der Waals surface area contributed by atoms with Crippen LogP contribution in [0.2, 0.25) is 0 Å². The molecule has 0 N–H and O–H groups in total. The molecule has 1 rings (SSSR count). The highest BCUT2D eigenvalue weighted by molar-refractivity contribution is 6.01. The van der Waals surface area contributed by atoms with E-state index in [0.717, 1.165) is 0 Å². The number of carbonyl (C=O) groups excluding carboxylic acids is 1. The fourth-order valence-electron chi connectivity index (χ4n) is 1.04. The lowest BCUT2D eigenvalue weighted by atomic mass is 9.97. The van der Waals surface area contributed by atoms with Crippen LogP contribution < -0.4 is 0 Å². The summed E-state index contributed by atoms with van der Waals surface area (Å²) in [4.78, 5) is 11.4. The van der Waals surface area contributed by atoms with Gasteiger partial charge in [0.15, 0.2) is 0 Å². The molecule has 0 unspecified atom stereocenters. The van der Waals surface area contributed by atoms with Crippen molar-refractivity contribution in [1.29, 1.82) is 0 Å². The van der Waals surface area contributed by atoms with Crippen molar-refractivity contribution in [3.05, 3.63) is 35.9 Å². The summed E-state index contributed by atoms with van der Waals surface area (Å²) in [6.45, 7) is 2.67. The molecule has 0 saturated carbocycles. The number of alkyl halides is 2. The van der Waals surface area contributed by atoms with E-state index < -0.39 is 17.6 Å². The summed E-state index contributed by atoms with van der Waals surface area (Å²) in [6, 6.07) is 7.63. The Morgan fingerprint density at radius 1 is 1.21 bits per heavy atom. The van der Waals surface area contributed by atoms with Crippen LogP contribution in [0.4, 0.5) is 8.78 Å². The zero-order valence-corrected chi connectivity index (χ0v) is 8.13. The minimum Gasteiger partial charge on any atom is -0.287 e. The Morgan fingerprint density at radius 3 is 2.14 bits per heavy atom. The molecular weight excluding hydrogens is 186 g/mol. The van der Waals surface area contributed by atoms with E-state index in [-0.39, 0.29) is 5.56 Å². The van der Waals surface area contributed by atoms with Crippen molar-refractivity contribution in [3.8, 4) is 0 Å². The van der Waals surface area contributed by atoms with Crippen molar-refractivity contribution >= 4 is 5.78 Å². The smallest absolute Gasteiger partial charge is 0.287 e. The van der Waals surface area contributed by atoms with Gasteiger partial charge >= 0.3 is 5.92 Å². The molecule has 0 spiro atoms. The molecule has 0 radical (unpaired) electrons. The van der Waals surface area contributed by atoms with Crippen molar-refractivity contribution in [2.24, 2.45) is 5.92 Å². The van der Waals surface area contributed by atoms with Crippen LogP contribution in [0, 0.1) is 5.92 Å². The Morgan fingerprint density at radius 2 is 1.71 bits per heavy atom. The van der Waals surface area contributed by atoms with E-state index in [1.807, 2.05) is 0 Å². The molecule has 0 aliphatic heterocycles. The predicted molar refractivity (Wildman–Crippen MR) is 50.6 cm³/mol. The average Bonchev–Trinajstić information content (AvgIpc) is 2.17. The summed E-state index contributed by atoms with van der Waals surface area (Å²) < 4.78 is 26.6. The van der Waals surface area contributed by atoms with Crippen molar-refractivity contribution in [2.75, 3.05) is 0 Å². The summed E-state index contributed by atoms with van der Waals surface area (Å²) in [7, 11) is 0. The largest absolute Gasteiger partial charge is 0.311 e. The Kier molecular flexibility index (Phi) is 2.99. The van der Waals surface area contributed by atoms with Crippen molar-refractivity contribution < 1.29 is 13.6 Å². The van der Waals surface area contributed by atoms with E-state index >= 15 is 0 Å². The Bertz CT molecular complexity index is 317. The van der Waals surface area contributed by atoms with Gasteiger partial charge in [0.05, 0.1) is 0 Å². The molecule has 0 aliphatic rings.